The number of benzene rings is 1. The largest absolute Gasteiger partial charge is 0.480 e. The number of carbonyl (C=O) groups excluding carboxylic acids is 1. The van der Waals surface area contributed by atoms with Gasteiger partial charge in [0.15, 0.2) is 11.9 Å². The summed E-state index contributed by atoms with van der Waals surface area (Å²) in [5.41, 5.74) is 0.792. The molecule has 1 heterocycles. The lowest BCUT2D eigenvalue weighted by molar-refractivity contribution is -0.128. The fraction of sp³-hybridized carbons (Fsp3) is 0.368. The van der Waals surface area contributed by atoms with Gasteiger partial charge >= 0.3 is 0 Å². The summed E-state index contributed by atoms with van der Waals surface area (Å²) in [5.74, 6) is 2.70. The monoisotopic (exact) mass is 326 g/mol. The summed E-state index contributed by atoms with van der Waals surface area (Å²) in [6.07, 6.45) is 8.98. The maximum atomic E-state index is 14.2. The lowest BCUT2D eigenvalue weighted by atomic mass is 10.1. The Morgan fingerprint density at radius 2 is 2.29 bits per heavy atom. The van der Waals surface area contributed by atoms with Gasteiger partial charge in [-0.2, -0.15) is 0 Å². The van der Waals surface area contributed by atoms with Crippen molar-refractivity contribution in [1.82, 2.24) is 10.3 Å². The third-order valence-electron chi connectivity index (χ3n) is 4.08. The van der Waals surface area contributed by atoms with Crippen molar-refractivity contribution in [3.8, 4) is 18.1 Å². The minimum Gasteiger partial charge on any atom is -0.480 e. The molecule has 0 saturated heterocycles. The van der Waals surface area contributed by atoms with Crippen molar-refractivity contribution < 1.29 is 13.9 Å². The highest BCUT2D eigenvalue weighted by atomic mass is 19.1. The molecule has 3 rings (SSSR count). The zero-order chi connectivity index (χ0) is 17.1. The molecular formula is C19H19FN2O2. The Hall–Kier alpha value is -2.61. The Morgan fingerprint density at radius 1 is 1.50 bits per heavy atom. The van der Waals surface area contributed by atoms with Gasteiger partial charge in [0.05, 0.1) is 0 Å². The van der Waals surface area contributed by atoms with Crippen molar-refractivity contribution in [2.24, 2.45) is 5.92 Å². The molecule has 1 amide bonds. The van der Waals surface area contributed by atoms with Crippen molar-refractivity contribution in [2.45, 2.75) is 32.3 Å². The van der Waals surface area contributed by atoms with E-state index < -0.39 is 11.9 Å². The number of terminal acetylenes is 1. The van der Waals surface area contributed by atoms with Crippen LogP contribution in [-0.2, 0) is 4.79 Å². The molecule has 1 aromatic carbocycles. The van der Waals surface area contributed by atoms with Gasteiger partial charge < -0.3 is 10.1 Å². The second-order valence-electron chi connectivity index (χ2n) is 6.05. The van der Waals surface area contributed by atoms with E-state index in [1.807, 2.05) is 6.92 Å². The summed E-state index contributed by atoms with van der Waals surface area (Å²) >= 11 is 0. The molecule has 0 spiro atoms. The molecule has 1 aromatic heterocycles. The van der Waals surface area contributed by atoms with Crippen LogP contribution in [0.3, 0.4) is 0 Å². The lowest BCUT2D eigenvalue weighted by Gasteiger charge is -2.17. The minimum absolute atomic E-state index is 0.166. The van der Waals surface area contributed by atoms with Crippen LogP contribution in [0.25, 0.3) is 10.9 Å². The van der Waals surface area contributed by atoms with E-state index in [-0.39, 0.29) is 11.4 Å². The van der Waals surface area contributed by atoms with E-state index in [9.17, 15) is 9.18 Å². The Bertz CT molecular complexity index is 809. The maximum Gasteiger partial charge on any atom is 0.261 e. The van der Waals surface area contributed by atoms with Crippen LogP contribution in [0.2, 0.25) is 0 Å². The van der Waals surface area contributed by atoms with Gasteiger partial charge in [-0.05, 0) is 37.3 Å². The number of hydrogen-bond donors (Lipinski definition) is 1. The first kappa shape index (κ1) is 16.3. The van der Waals surface area contributed by atoms with Crippen LogP contribution in [0.1, 0.15) is 31.7 Å². The molecule has 5 heteroatoms. The third-order valence-corrected chi connectivity index (χ3v) is 4.08. The predicted molar refractivity (Wildman–Crippen MR) is 90.1 cm³/mol. The Kier molecular flexibility index (Phi) is 4.66. The predicted octanol–water partition coefficient (Wildman–Crippen LogP) is 3.04. The number of ether oxygens (including phenoxy) is 1. The topological polar surface area (TPSA) is 51.2 Å². The average molecular weight is 326 g/mol. The number of rotatable bonds is 6. The molecule has 0 aliphatic heterocycles. The molecule has 2 aromatic rings. The Morgan fingerprint density at radius 3 is 2.96 bits per heavy atom. The number of carbonyl (C=O) groups is 1. The van der Waals surface area contributed by atoms with Gasteiger partial charge in [-0.3, -0.25) is 9.78 Å². The number of fused-ring (bicyclic) bond motifs is 1. The summed E-state index contributed by atoms with van der Waals surface area (Å²) < 4.78 is 19.9. The second-order valence-corrected chi connectivity index (χ2v) is 6.05. The van der Waals surface area contributed by atoms with Crippen LogP contribution >= 0.6 is 0 Å². The number of amides is 1. The first-order chi connectivity index (χ1) is 11.6. The number of nitrogens with zero attached hydrogens (tertiary/aromatic N) is 1. The standard InChI is InChI=1S/C19H19FN2O2/c1-3-12-7-14-8-15(9-16(20)18(14)21-10-12)24-17(4-2)19(23)22-11-13-5-6-13/h1,7-10,13,17H,4-6,11H2,2H3,(H,22,23). The molecule has 1 atom stereocenters. The van der Waals surface area contributed by atoms with Crippen molar-refractivity contribution in [1.29, 1.82) is 0 Å². The molecule has 4 nitrogen and oxygen atoms in total. The fourth-order valence-corrected chi connectivity index (χ4v) is 2.49. The molecule has 1 aliphatic carbocycles. The van der Waals surface area contributed by atoms with Gasteiger partial charge in [0.1, 0.15) is 11.3 Å². The van der Waals surface area contributed by atoms with Crippen molar-refractivity contribution in [2.75, 3.05) is 6.54 Å². The quantitative estimate of drug-likeness (QED) is 0.830. The SMILES string of the molecule is C#Cc1cnc2c(F)cc(OC(CC)C(=O)NCC3CC3)cc2c1. The van der Waals surface area contributed by atoms with Gasteiger partial charge in [0.2, 0.25) is 0 Å². The van der Waals surface area contributed by atoms with Crippen molar-refractivity contribution in [3.63, 3.8) is 0 Å². The van der Waals surface area contributed by atoms with Crippen LogP contribution in [-0.4, -0.2) is 23.5 Å². The number of halogens is 1. The molecule has 1 aliphatic rings. The van der Waals surface area contributed by atoms with E-state index in [1.165, 1.54) is 25.1 Å². The van der Waals surface area contributed by atoms with E-state index >= 15 is 0 Å². The van der Waals surface area contributed by atoms with Crippen LogP contribution < -0.4 is 10.1 Å². The number of nitrogens with one attached hydrogen (secondary N) is 1. The van der Waals surface area contributed by atoms with Gasteiger partial charge in [0, 0.05) is 29.8 Å². The number of pyridine rings is 1. The van der Waals surface area contributed by atoms with Crippen LogP contribution in [0.4, 0.5) is 4.39 Å². The molecule has 0 bridgehead atoms. The van der Waals surface area contributed by atoms with Crippen LogP contribution in [0.5, 0.6) is 5.75 Å². The van der Waals surface area contributed by atoms with E-state index in [4.69, 9.17) is 11.2 Å². The van der Waals surface area contributed by atoms with E-state index in [1.54, 1.807) is 12.1 Å². The first-order valence-corrected chi connectivity index (χ1v) is 8.11. The Labute approximate surface area is 140 Å². The average Bonchev–Trinajstić information content (AvgIpc) is 3.41. The normalized spacial score (nSPS) is 14.9. The van der Waals surface area contributed by atoms with Gasteiger partial charge in [-0.15, -0.1) is 6.42 Å². The smallest absolute Gasteiger partial charge is 0.261 e. The minimum atomic E-state index is -0.649. The number of hydrogen-bond acceptors (Lipinski definition) is 3. The highest BCUT2D eigenvalue weighted by molar-refractivity contribution is 5.83. The van der Waals surface area contributed by atoms with Crippen molar-refractivity contribution >= 4 is 16.8 Å². The molecule has 1 saturated carbocycles. The fourth-order valence-electron chi connectivity index (χ4n) is 2.49. The van der Waals surface area contributed by atoms with Crippen LogP contribution in [0.15, 0.2) is 24.4 Å². The van der Waals surface area contributed by atoms with Crippen molar-refractivity contribution in [3.05, 3.63) is 35.8 Å². The first-order valence-electron chi connectivity index (χ1n) is 8.11. The van der Waals surface area contributed by atoms with E-state index in [0.29, 0.717) is 35.6 Å². The lowest BCUT2D eigenvalue weighted by Crippen LogP contribution is -2.38. The maximum absolute atomic E-state index is 14.2. The molecule has 24 heavy (non-hydrogen) atoms. The van der Waals surface area contributed by atoms with E-state index in [2.05, 4.69) is 16.2 Å². The molecule has 1 N–H and O–H groups in total. The zero-order valence-corrected chi connectivity index (χ0v) is 13.5. The highest BCUT2D eigenvalue weighted by Crippen LogP contribution is 2.28. The molecule has 0 radical (unpaired) electrons. The van der Waals surface area contributed by atoms with Gasteiger partial charge in [-0.1, -0.05) is 12.8 Å². The zero-order valence-electron chi connectivity index (χ0n) is 13.5. The van der Waals surface area contributed by atoms with Crippen LogP contribution in [0, 0.1) is 24.1 Å². The Balaban J connectivity index is 1.79. The molecule has 1 fully saturated rings. The molecule has 124 valence electrons. The summed E-state index contributed by atoms with van der Waals surface area (Å²) in [6.45, 7) is 2.54. The second kappa shape index (κ2) is 6.88. The molecule has 1 unspecified atom stereocenters. The van der Waals surface area contributed by atoms with E-state index in [0.717, 1.165) is 0 Å². The highest BCUT2D eigenvalue weighted by Gasteiger charge is 2.25. The summed E-state index contributed by atoms with van der Waals surface area (Å²) in [5, 5.41) is 3.44. The van der Waals surface area contributed by atoms with Gasteiger partial charge in [0.25, 0.3) is 5.91 Å². The molecular weight excluding hydrogens is 307 g/mol. The summed E-state index contributed by atoms with van der Waals surface area (Å²) in [6, 6.07) is 4.58. The third kappa shape index (κ3) is 3.65. The number of aromatic nitrogens is 1. The summed E-state index contributed by atoms with van der Waals surface area (Å²) in [4.78, 5) is 16.2. The van der Waals surface area contributed by atoms with Gasteiger partial charge in [-0.25, -0.2) is 4.39 Å². The summed E-state index contributed by atoms with van der Waals surface area (Å²) in [7, 11) is 0.